The zero-order valence-electron chi connectivity index (χ0n) is 15.4. The number of hydrogen-bond acceptors (Lipinski definition) is 5. The lowest BCUT2D eigenvalue weighted by atomic mass is 10.1. The third-order valence-electron chi connectivity index (χ3n) is 4.07. The number of aromatic nitrogens is 2. The SMILES string of the molecule is CCOC(=O)c1sc(-c2ccc3c(c2)c(C#N)cn3CC(C)C)nc1C. The fraction of sp³-hybridized carbons (Fsp3) is 0.350. The lowest BCUT2D eigenvalue weighted by Crippen LogP contribution is -2.03. The Balaban J connectivity index is 2.06. The van der Waals surface area contributed by atoms with Gasteiger partial charge < -0.3 is 9.30 Å². The van der Waals surface area contributed by atoms with Gasteiger partial charge in [0.05, 0.1) is 17.9 Å². The molecule has 0 radical (unpaired) electrons. The molecule has 5 nitrogen and oxygen atoms in total. The summed E-state index contributed by atoms with van der Waals surface area (Å²) in [4.78, 5) is 17.1. The van der Waals surface area contributed by atoms with Gasteiger partial charge in [0, 0.05) is 29.2 Å². The van der Waals surface area contributed by atoms with Crippen LogP contribution in [-0.4, -0.2) is 22.1 Å². The predicted molar refractivity (Wildman–Crippen MR) is 103 cm³/mol. The van der Waals surface area contributed by atoms with Crippen LogP contribution in [0.5, 0.6) is 0 Å². The summed E-state index contributed by atoms with van der Waals surface area (Å²) >= 11 is 1.32. The number of benzene rings is 1. The van der Waals surface area contributed by atoms with Gasteiger partial charge in [0.2, 0.25) is 0 Å². The Morgan fingerprint density at radius 2 is 2.19 bits per heavy atom. The van der Waals surface area contributed by atoms with Gasteiger partial charge in [0.1, 0.15) is 16.0 Å². The molecule has 1 aromatic carbocycles. The quantitative estimate of drug-likeness (QED) is 0.609. The molecule has 0 N–H and O–H groups in total. The minimum atomic E-state index is -0.337. The summed E-state index contributed by atoms with van der Waals surface area (Å²) in [5.74, 6) is 0.154. The van der Waals surface area contributed by atoms with E-state index in [1.165, 1.54) is 11.3 Å². The topological polar surface area (TPSA) is 67.9 Å². The van der Waals surface area contributed by atoms with E-state index in [2.05, 4.69) is 29.5 Å². The number of ether oxygens (including phenoxy) is 1. The van der Waals surface area contributed by atoms with Crippen molar-refractivity contribution >= 4 is 28.2 Å². The van der Waals surface area contributed by atoms with Crippen LogP contribution in [0.15, 0.2) is 24.4 Å². The molecule has 0 unspecified atom stereocenters. The summed E-state index contributed by atoms with van der Waals surface area (Å²) in [6.07, 6.45) is 1.91. The van der Waals surface area contributed by atoms with Crippen molar-refractivity contribution in [2.24, 2.45) is 5.92 Å². The fourth-order valence-electron chi connectivity index (χ4n) is 2.97. The van der Waals surface area contributed by atoms with Crippen molar-refractivity contribution in [1.29, 1.82) is 5.26 Å². The minimum Gasteiger partial charge on any atom is -0.462 e. The molecule has 0 bridgehead atoms. The normalized spacial score (nSPS) is 11.1. The number of nitrogens with zero attached hydrogens (tertiary/aromatic N) is 3. The predicted octanol–water partition coefficient (Wildman–Crippen LogP) is 4.78. The average molecular weight is 367 g/mol. The van der Waals surface area contributed by atoms with Crippen molar-refractivity contribution in [3.05, 3.63) is 40.5 Å². The molecule has 0 amide bonds. The Morgan fingerprint density at radius 1 is 1.42 bits per heavy atom. The standard InChI is InChI=1S/C20H21N3O2S/c1-5-25-20(24)18-13(4)22-19(26-18)14-6-7-17-16(8-14)15(9-21)11-23(17)10-12(2)3/h6-8,11-12H,5,10H2,1-4H3. The summed E-state index contributed by atoms with van der Waals surface area (Å²) in [7, 11) is 0. The molecule has 2 heterocycles. The zero-order valence-corrected chi connectivity index (χ0v) is 16.2. The second kappa shape index (κ2) is 7.30. The smallest absolute Gasteiger partial charge is 0.350 e. The van der Waals surface area contributed by atoms with Crippen molar-refractivity contribution in [2.45, 2.75) is 34.2 Å². The first-order chi connectivity index (χ1) is 12.4. The Kier molecular flexibility index (Phi) is 5.10. The van der Waals surface area contributed by atoms with Gasteiger partial charge in [-0.25, -0.2) is 9.78 Å². The van der Waals surface area contributed by atoms with Crippen LogP contribution in [-0.2, 0) is 11.3 Å². The molecule has 0 aliphatic rings. The van der Waals surface area contributed by atoms with Crippen molar-refractivity contribution in [1.82, 2.24) is 9.55 Å². The van der Waals surface area contributed by atoms with Gasteiger partial charge >= 0.3 is 5.97 Å². The largest absolute Gasteiger partial charge is 0.462 e. The van der Waals surface area contributed by atoms with Crippen molar-refractivity contribution in [2.75, 3.05) is 6.61 Å². The highest BCUT2D eigenvalue weighted by atomic mass is 32.1. The Bertz CT molecular complexity index is 1010. The summed E-state index contributed by atoms with van der Waals surface area (Å²) in [5, 5.41) is 11.2. The molecule has 3 rings (SSSR count). The molecule has 3 aromatic rings. The molecule has 134 valence electrons. The Morgan fingerprint density at radius 3 is 2.85 bits per heavy atom. The van der Waals surface area contributed by atoms with Crippen molar-refractivity contribution < 1.29 is 9.53 Å². The van der Waals surface area contributed by atoms with Gasteiger partial charge in [-0.15, -0.1) is 11.3 Å². The van der Waals surface area contributed by atoms with E-state index in [-0.39, 0.29) is 5.97 Å². The minimum absolute atomic E-state index is 0.337. The number of thiazole rings is 1. The second-order valence-corrected chi connectivity index (χ2v) is 7.59. The van der Waals surface area contributed by atoms with Crippen LogP contribution >= 0.6 is 11.3 Å². The highest BCUT2D eigenvalue weighted by Gasteiger charge is 2.18. The Hall–Kier alpha value is -2.65. The maximum absolute atomic E-state index is 12.0. The molecule has 26 heavy (non-hydrogen) atoms. The van der Waals surface area contributed by atoms with Crippen LogP contribution in [0.25, 0.3) is 21.5 Å². The van der Waals surface area contributed by atoms with Gasteiger partial charge in [-0.2, -0.15) is 5.26 Å². The van der Waals surface area contributed by atoms with Crippen LogP contribution in [0.4, 0.5) is 0 Å². The van der Waals surface area contributed by atoms with E-state index in [4.69, 9.17) is 4.74 Å². The number of nitriles is 1. The number of fused-ring (bicyclic) bond motifs is 1. The molecule has 6 heteroatoms. The third kappa shape index (κ3) is 3.35. The highest BCUT2D eigenvalue weighted by molar-refractivity contribution is 7.17. The van der Waals surface area contributed by atoms with E-state index in [0.717, 1.165) is 28.0 Å². The monoisotopic (exact) mass is 367 g/mol. The molecule has 0 aliphatic carbocycles. The molecule has 0 spiro atoms. The van der Waals surface area contributed by atoms with E-state index in [0.29, 0.717) is 28.7 Å². The molecular weight excluding hydrogens is 346 g/mol. The van der Waals surface area contributed by atoms with Crippen molar-refractivity contribution in [3.8, 4) is 16.6 Å². The van der Waals surface area contributed by atoms with Crippen molar-refractivity contribution in [3.63, 3.8) is 0 Å². The summed E-state index contributed by atoms with van der Waals surface area (Å²) in [6, 6.07) is 8.28. The first-order valence-corrected chi connectivity index (χ1v) is 9.44. The highest BCUT2D eigenvalue weighted by Crippen LogP contribution is 2.32. The maximum Gasteiger partial charge on any atom is 0.350 e. The second-order valence-electron chi connectivity index (χ2n) is 6.59. The van der Waals surface area contributed by atoms with Gasteiger partial charge in [-0.1, -0.05) is 13.8 Å². The first-order valence-electron chi connectivity index (χ1n) is 8.62. The lowest BCUT2D eigenvalue weighted by Gasteiger charge is -2.08. The zero-order chi connectivity index (χ0) is 18.8. The molecule has 0 saturated heterocycles. The Labute approximate surface area is 156 Å². The summed E-state index contributed by atoms with van der Waals surface area (Å²) in [5.41, 5.74) is 3.26. The molecule has 0 atom stereocenters. The third-order valence-corrected chi connectivity index (χ3v) is 5.25. The lowest BCUT2D eigenvalue weighted by molar-refractivity contribution is 0.0531. The number of carbonyl (C=O) groups is 1. The van der Waals surface area contributed by atoms with E-state index in [1.54, 1.807) is 6.92 Å². The van der Waals surface area contributed by atoms with Crippen LogP contribution < -0.4 is 0 Å². The first kappa shape index (κ1) is 18.2. The molecule has 2 aromatic heterocycles. The number of aryl methyl sites for hydroxylation is 1. The average Bonchev–Trinajstić information content (AvgIpc) is 3.15. The molecular formula is C20H21N3O2S. The molecule has 0 saturated carbocycles. The van der Waals surface area contributed by atoms with E-state index in [9.17, 15) is 10.1 Å². The van der Waals surface area contributed by atoms with Crippen LogP contribution in [0.2, 0.25) is 0 Å². The van der Waals surface area contributed by atoms with Gasteiger partial charge in [-0.3, -0.25) is 0 Å². The number of rotatable bonds is 5. The summed E-state index contributed by atoms with van der Waals surface area (Å²) in [6.45, 7) is 9.11. The van der Waals surface area contributed by atoms with Crippen LogP contribution in [0, 0.1) is 24.2 Å². The maximum atomic E-state index is 12.0. The number of esters is 1. The number of hydrogen-bond donors (Lipinski definition) is 0. The van der Waals surface area contributed by atoms with E-state index in [1.807, 2.05) is 31.3 Å². The molecule has 0 fully saturated rings. The molecule has 0 aliphatic heterocycles. The van der Waals surface area contributed by atoms with E-state index < -0.39 is 0 Å². The van der Waals surface area contributed by atoms with E-state index >= 15 is 0 Å². The van der Waals surface area contributed by atoms with Crippen LogP contribution in [0.3, 0.4) is 0 Å². The van der Waals surface area contributed by atoms with Gasteiger partial charge in [-0.05, 0) is 38.0 Å². The number of carbonyl (C=O) groups excluding carboxylic acids is 1. The summed E-state index contributed by atoms with van der Waals surface area (Å²) < 4.78 is 7.21. The van der Waals surface area contributed by atoms with Gasteiger partial charge in [0.25, 0.3) is 0 Å². The van der Waals surface area contributed by atoms with Gasteiger partial charge in [0.15, 0.2) is 0 Å². The fourth-order valence-corrected chi connectivity index (χ4v) is 3.93. The van der Waals surface area contributed by atoms with Crippen LogP contribution in [0.1, 0.15) is 41.7 Å².